The van der Waals surface area contributed by atoms with Crippen LogP contribution >= 0.6 is 0 Å². The summed E-state index contributed by atoms with van der Waals surface area (Å²) < 4.78 is 18.1. The van der Waals surface area contributed by atoms with E-state index in [1.54, 1.807) is 12.1 Å². The molecule has 2 fully saturated rings. The third kappa shape index (κ3) is 3.85. The molecule has 0 aromatic heterocycles. The zero-order valence-corrected chi connectivity index (χ0v) is 21.1. The molecule has 6 heteroatoms. The van der Waals surface area contributed by atoms with Crippen LogP contribution in [0.15, 0.2) is 42.0 Å². The topological polar surface area (TPSA) is 61.8 Å². The second-order valence-electron chi connectivity index (χ2n) is 11.2. The van der Waals surface area contributed by atoms with Crippen molar-refractivity contribution in [2.24, 2.45) is 17.3 Å². The van der Waals surface area contributed by atoms with E-state index in [9.17, 15) is 9.59 Å². The summed E-state index contributed by atoms with van der Waals surface area (Å²) in [5.41, 5.74) is 1.12. The molecule has 0 unspecified atom stereocenters. The molecule has 32 heavy (non-hydrogen) atoms. The zero-order valence-electron chi connectivity index (χ0n) is 20.1. The van der Waals surface area contributed by atoms with Gasteiger partial charge in [0, 0.05) is 17.9 Å². The first-order chi connectivity index (χ1) is 15.0. The molecule has 0 heterocycles. The molecule has 0 aliphatic heterocycles. The SMILES string of the molecule is COC(=O)[C@]12CC[C@@H](O[Si](C)(C)C(C)(C)C)CC3=C[C@@H](C1)[C@@H](OC(=O)c1ccccc1)[C@@H]32. The maximum absolute atomic E-state index is 13.1. The number of methoxy groups -OCH3 is 1. The summed E-state index contributed by atoms with van der Waals surface area (Å²) in [6.45, 7) is 11.3. The fraction of sp³-hybridized carbons (Fsp3) is 0.615. The van der Waals surface area contributed by atoms with Gasteiger partial charge < -0.3 is 13.9 Å². The molecule has 1 aromatic carbocycles. The lowest BCUT2D eigenvalue weighted by Crippen LogP contribution is -2.44. The predicted octanol–water partition coefficient (Wildman–Crippen LogP) is 5.52. The lowest BCUT2D eigenvalue weighted by Gasteiger charge is -2.39. The van der Waals surface area contributed by atoms with Gasteiger partial charge in [-0.25, -0.2) is 4.79 Å². The minimum absolute atomic E-state index is 0.0494. The molecule has 0 spiro atoms. The van der Waals surface area contributed by atoms with Gasteiger partial charge in [0.2, 0.25) is 0 Å². The molecule has 0 N–H and O–H groups in total. The Morgan fingerprint density at radius 2 is 1.81 bits per heavy atom. The van der Waals surface area contributed by atoms with Crippen LogP contribution < -0.4 is 0 Å². The van der Waals surface area contributed by atoms with Crippen molar-refractivity contribution in [2.75, 3.05) is 7.11 Å². The van der Waals surface area contributed by atoms with Gasteiger partial charge in [-0.3, -0.25) is 4.79 Å². The van der Waals surface area contributed by atoms with Crippen LogP contribution in [0.4, 0.5) is 0 Å². The molecule has 2 saturated carbocycles. The van der Waals surface area contributed by atoms with Gasteiger partial charge in [0.1, 0.15) is 6.10 Å². The molecule has 0 saturated heterocycles. The summed E-state index contributed by atoms with van der Waals surface area (Å²) in [6.07, 6.45) is 5.02. The van der Waals surface area contributed by atoms with Gasteiger partial charge in [-0.1, -0.05) is 50.6 Å². The number of esters is 2. The van der Waals surface area contributed by atoms with Gasteiger partial charge in [0.05, 0.1) is 18.1 Å². The van der Waals surface area contributed by atoms with E-state index in [0.29, 0.717) is 18.4 Å². The Bertz CT molecular complexity index is 916. The van der Waals surface area contributed by atoms with Crippen molar-refractivity contribution in [3.63, 3.8) is 0 Å². The summed E-state index contributed by atoms with van der Waals surface area (Å²) >= 11 is 0. The van der Waals surface area contributed by atoms with E-state index in [1.165, 1.54) is 12.7 Å². The number of carbonyl (C=O) groups is 2. The van der Waals surface area contributed by atoms with Gasteiger partial charge in [0.25, 0.3) is 0 Å². The lowest BCUT2D eigenvalue weighted by molar-refractivity contribution is -0.156. The van der Waals surface area contributed by atoms with Crippen molar-refractivity contribution in [2.45, 2.75) is 76.8 Å². The molecular formula is C26H36O5Si. The number of ether oxygens (including phenoxy) is 2. The summed E-state index contributed by atoms with van der Waals surface area (Å²) in [7, 11) is -0.479. The van der Waals surface area contributed by atoms with Crippen molar-refractivity contribution in [1.29, 1.82) is 0 Å². The number of rotatable bonds is 5. The maximum atomic E-state index is 13.1. The highest BCUT2D eigenvalue weighted by molar-refractivity contribution is 6.74. The Kier molecular flexibility index (Phi) is 5.91. The van der Waals surface area contributed by atoms with Crippen LogP contribution in [-0.4, -0.2) is 39.6 Å². The Morgan fingerprint density at radius 1 is 1.12 bits per heavy atom. The van der Waals surface area contributed by atoms with Crippen LogP contribution in [0.1, 0.15) is 56.8 Å². The van der Waals surface area contributed by atoms with Crippen LogP contribution in [0.5, 0.6) is 0 Å². The largest absolute Gasteiger partial charge is 0.469 e. The molecule has 3 aliphatic carbocycles. The second kappa shape index (κ2) is 8.14. The molecule has 0 radical (unpaired) electrons. The normalized spacial score (nSPS) is 31.6. The van der Waals surface area contributed by atoms with E-state index in [1.807, 2.05) is 18.2 Å². The molecule has 1 aromatic rings. The van der Waals surface area contributed by atoms with Gasteiger partial charge in [-0.15, -0.1) is 0 Å². The van der Waals surface area contributed by atoms with E-state index in [0.717, 1.165) is 12.8 Å². The standard InChI is InChI=1S/C26H36O5Si/c1-25(2,3)32(5,6)31-20-12-13-26(24(28)29-4)16-19-14-18(15-20)21(26)22(19)30-23(27)17-10-8-7-9-11-17/h7-11,14,19-22H,12-13,15-16H2,1-6H3/t19-,20+,21+,22+,26+/m0/s1. The summed E-state index contributed by atoms with van der Waals surface area (Å²) in [5.74, 6) is -0.576. The summed E-state index contributed by atoms with van der Waals surface area (Å²) in [6, 6.07) is 9.08. The Morgan fingerprint density at radius 3 is 2.44 bits per heavy atom. The average Bonchev–Trinajstić information content (AvgIpc) is 3.19. The average molecular weight is 457 g/mol. The molecule has 4 rings (SSSR count). The van der Waals surface area contributed by atoms with Crippen LogP contribution in [0, 0.1) is 17.3 Å². The van der Waals surface area contributed by atoms with E-state index in [4.69, 9.17) is 13.9 Å². The highest BCUT2D eigenvalue weighted by Crippen LogP contribution is 2.62. The van der Waals surface area contributed by atoms with E-state index >= 15 is 0 Å². The van der Waals surface area contributed by atoms with E-state index < -0.39 is 13.7 Å². The van der Waals surface area contributed by atoms with Crippen LogP contribution in [0.2, 0.25) is 18.1 Å². The molecule has 2 bridgehead atoms. The van der Waals surface area contributed by atoms with E-state index in [-0.39, 0.29) is 41.0 Å². The number of hydrogen-bond acceptors (Lipinski definition) is 5. The van der Waals surface area contributed by atoms with Crippen LogP contribution in [0.3, 0.4) is 0 Å². The fourth-order valence-electron chi connectivity index (χ4n) is 5.69. The summed E-state index contributed by atoms with van der Waals surface area (Å²) in [4.78, 5) is 26.0. The van der Waals surface area contributed by atoms with Crippen molar-refractivity contribution < 1.29 is 23.5 Å². The third-order valence-corrected chi connectivity index (χ3v) is 12.8. The van der Waals surface area contributed by atoms with Crippen LogP contribution in [0.25, 0.3) is 0 Å². The third-order valence-electron chi connectivity index (χ3n) is 8.26. The Labute approximate surface area is 192 Å². The maximum Gasteiger partial charge on any atom is 0.338 e. The smallest absolute Gasteiger partial charge is 0.338 e. The van der Waals surface area contributed by atoms with Gasteiger partial charge >= 0.3 is 11.9 Å². The lowest BCUT2D eigenvalue weighted by atomic mass is 9.70. The quantitative estimate of drug-likeness (QED) is 0.332. The van der Waals surface area contributed by atoms with Crippen molar-refractivity contribution in [3.05, 3.63) is 47.5 Å². The first kappa shape index (κ1) is 23.2. The molecule has 3 aliphatic rings. The minimum Gasteiger partial charge on any atom is -0.469 e. The number of benzene rings is 1. The van der Waals surface area contributed by atoms with Gasteiger partial charge in [0.15, 0.2) is 8.32 Å². The van der Waals surface area contributed by atoms with Gasteiger partial charge in [-0.05, 0) is 55.9 Å². The first-order valence-electron chi connectivity index (χ1n) is 11.7. The highest BCUT2D eigenvalue weighted by Gasteiger charge is 2.64. The number of carbonyl (C=O) groups excluding carboxylic acids is 2. The molecule has 174 valence electrons. The van der Waals surface area contributed by atoms with Crippen molar-refractivity contribution in [3.8, 4) is 0 Å². The zero-order chi connectivity index (χ0) is 23.3. The highest BCUT2D eigenvalue weighted by atomic mass is 28.4. The molecular weight excluding hydrogens is 420 g/mol. The molecule has 5 nitrogen and oxygen atoms in total. The number of hydrogen-bond donors (Lipinski definition) is 0. The Balaban J connectivity index is 1.60. The molecule has 5 atom stereocenters. The monoisotopic (exact) mass is 456 g/mol. The number of fused-ring (bicyclic) bond motifs is 1. The molecule has 0 amide bonds. The van der Waals surface area contributed by atoms with Gasteiger partial charge in [-0.2, -0.15) is 0 Å². The van der Waals surface area contributed by atoms with E-state index in [2.05, 4.69) is 39.9 Å². The van der Waals surface area contributed by atoms with Crippen molar-refractivity contribution >= 4 is 20.3 Å². The minimum atomic E-state index is -1.94. The van der Waals surface area contributed by atoms with Crippen LogP contribution in [-0.2, 0) is 18.7 Å². The van der Waals surface area contributed by atoms with Crippen molar-refractivity contribution in [1.82, 2.24) is 0 Å². The Hall–Kier alpha value is -1.92. The second-order valence-corrected chi connectivity index (χ2v) is 16.0. The fourth-order valence-corrected chi connectivity index (χ4v) is 7.08. The summed E-state index contributed by atoms with van der Waals surface area (Å²) in [5, 5.41) is 0.124. The first-order valence-corrected chi connectivity index (χ1v) is 14.6. The predicted molar refractivity (Wildman–Crippen MR) is 126 cm³/mol.